The zero-order valence-electron chi connectivity index (χ0n) is 14.0. The first-order chi connectivity index (χ1) is 11.1. The van der Waals surface area contributed by atoms with E-state index in [0.29, 0.717) is 18.5 Å². The van der Waals surface area contributed by atoms with Crippen molar-refractivity contribution in [1.82, 2.24) is 14.9 Å². The van der Waals surface area contributed by atoms with Crippen LogP contribution < -0.4 is 4.74 Å². The van der Waals surface area contributed by atoms with Crippen molar-refractivity contribution in [3.63, 3.8) is 0 Å². The number of aromatic nitrogens is 2. The van der Waals surface area contributed by atoms with Gasteiger partial charge in [-0.2, -0.15) is 0 Å². The average molecular weight is 333 g/mol. The summed E-state index contributed by atoms with van der Waals surface area (Å²) in [7, 11) is 1.93. The lowest BCUT2D eigenvalue weighted by Gasteiger charge is -2.31. The molecule has 1 aliphatic rings. The molecule has 3 rings (SSSR count). The lowest BCUT2D eigenvalue weighted by molar-refractivity contribution is 0.0700. The number of fused-ring (bicyclic) bond motifs is 1. The summed E-state index contributed by atoms with van der Waals surface area (Å²) in [5.41, 5.74) is 0.932. The molecule has 124 valence electrons. The van der Waals surface area contributed by atoms with Gasteiger partial charge in [0.05, 0.1) is 16.9 Å². The first kappa shape index (κ1) is 16.2. The Labute approximate surface area is 140 Å². The predicted octanol–water partition coefficient (Wildman–Crippen LogP) is 3.80. The van der Waals surface area contributed by atoms with Gasteiger partial charge in [0.2, 0.25) is 5.88 Å². The minimum Gasteiger partial charge on any atom is -0.477 e. The molecule has 2 heterocycles. The minimum atomic E-state index is 0.0971. The molecule has 6 heteroatoms. The molecule has 0 radical (unpaired) electrons. The van der Waals surface area contributed by atoms with Gasteiger partial charge in [-0.05, 0) is 32.3 Å². The summed E-state index contributed by atoms with van der Waals surface area (Å²) >= 11 is 1.44. The maximum absolute atomic E-state index is 13.0. The van der Waals surface area contributed by atoms with Crippen LogP contribution in [-0.4, -0.2) is 40.5 Å². The summed E-state index contributed by atoms with van der Waals surface area (Å²) in [5, 5.41) is 0.875. The van der Waals surface area contributed by atoms with Gasteiger partial charge in [-0.3, -0.25) is 4.79 Å². The molecular weight excluding hydrogens is 310 g/mol. The number of carbonyl (C=O) groups excluding carboxylic acids is 1. The number of amides is 1. The van der Waals surface area contributed by atoms with E-state index < -0.39 is 0 Å². The fourth-order valence-electron chi connectivity index (χ4n) is 3.28. The summed E-state index contributed by atoms with van der Waals surface area (Å²) in [6.45, 7) is 4.44. The van der Waals surface area contributed by atoms with Gasteiger partial charge in [-0.25, -0.2) is 9.97 Å². The van der Waals surface area contributed by atoms with Crippen LogP contribution in [0.25, 0.3) is 10.2 Å². The number of nitrogens with zero attached hydrogens (tertiary/aromatic N) is 3. The van der Waals surface area contributed by atoms with E-state index in [1.54, 1.807) is 0 Å². The zero-order chi connectivity index (χ0) is 16.4. The maximum Gasteiger partial charge on any atom is 0.264 e. The number of carbonyl (C=O) groups is 1. The molecule has 1 aliphatic carbocycles. The van der Waals surface area contributed by atoms with Crippen LogP contribution in [0, 0.1) is 6.92 Å². The fourth-order valence-corrected chi connectivity index (χ4v) is 4.41. The molecular formula is C17H23N3O2S. The Hall–Kier alpha value is -1.69. The number of hydrogen-bond donors (Lipinski definition) is 0. The van der Waals surface area contributed by atoms with E-state index in [4.69, 9.17) is 4.74 Å². The maximum atomic E-state index is 13.0. The molecule has 5 nitrogen and oxygen atoms in total. The molecule has 2 aromatic heterocycles. The first-order valence-corrected chi connectivity index (χ1v) is 9.09. The lowest BCUT2D eigenvalue weighted by atomic mass is 9.94. The molecule has 0 aromatic carbocycles. The third kappa shape index (κ3) is 3.04. The summed E-state index contributed by atoms with van der Waals surface area (Å²) in [5.74, 6) is 0.672. The van der Waals surface area contributed by atoms with Gasteiger partial charge in [0, 0.05) is 13.1 Å². The highest BCUT2D eigenvalue weighted by molar-refractivity contribution is 7.20. The topological polar surface area (TPSA) is 55.3 Å². The van der Waals surface area contributed by atoms with Crippen LogP contribution in [0.3, 0.4) is 0 Å². The van der Waals surface area contributed by atoms with Crippen LogP contribution in [0.2, 0.25) is 0 Å². The minimum absolute atomic E-state index is 0.0971. The Balaban J connectivity index is 1.94. The average Bonchev–Trinajstić information content (AvgIpc) is 2.92. The Morgan fingerprint density at radius 3 is 2.78 bits per heavy atom. The molecule has 0 atom stereocenters. The Kier molecular flexibility index (Phi) is 4.80. The molecule has 0 N–H and O–H groups in total. The van der Waals surface area contributed by atoms with Gasteiger partial charge in [0.1, 0.15) is 11.2 Å². The van der Waals surface area contributed by atoms with Crippen LogP contribution in [0.1, 0.15) is 54.3 Å². The van der Waals surface area contributed by atoms with Crippen molar-refractivity contribution in [3.8, 4) is 5.88 Å². The predicted molar refractivity (Wildman–Crippen MR) is 92.3 cm³/mol. The number of aryl methyl sites for hydroxylation is 1. The van der Waals surface area contributed by atoms with Crippen molar-refractivity contribution in [1.29, 1.82) is 0 Å². The first-order valence-electron chi connectivity index (χ1n) is 8.27. The Bertz CT molecular complexity index is 707. The van der Waals surface area contributed by atoms with Crippen molar-refractivity contribution in [2.24, 2.45) is 0 Å². The number of hydrogen-bond acceptors (Lipinski definition) is 5. The standard InChI is InChI=1S/C17H23N3O2S/c1-4-22-15-13-11(2)14(23-16(13)19-10-18-15)17(21)20(3)12-8-6-5-7-9-12/h10,12H,4-9H2,1-3H3. The second kappa shape index (κ2) is 6.83. The third-order valence-electron chi connectivity index (χ3n) is 4.61. The quantitative estimate of drug-likeness (QED) is 0.854. The van der Waals surface area contributed by atoms with Crippen molar-refractivity contribution in [2.45, 2.75) is 52.0 Å². The van der Waals surface area contributed by atoms with Gasteiger partial charge in [0.25, 0.3) is 5.91 Å². The Morgan fingerprint density at radius 1 is 1.35 bits per heavy atom. The molecule has 0 spiro atoms. The highest BCUT2D eigenvalue weighted by Crippen LogP contribution is 2.35. The van der Waals surface area contributed by atoms with E-state index in [9.17, 15) is 4.79 Å². The highest BCUT2D eigenvalue weighted by atomic mass is 32.1. The molecule has 23 heavy (non-hydrogen) atoms. The summed E-state index contributed by atoms with van der Waals surface area (Å²) in [4.78, 5) is 25.0. The second-order valence-electron chi connectivity index (χ2n) is 6.06. The number of thiophene rings is 1. The third-order valence-corrected chi connectivity index (χ3v) is 5.80. The number of ether oxygens (including phenoxy) is 1. The highest BCUT2D eigenvalue weighted by Gasteiger charge is 2.27. The molecule has 0 saturated heterocycles. The molecule has 1 saturated carbocycles. The van der Waals surface area contributed by atoms with Crippen molar-refractivity contribution >= 4 is 27.5 Å². The van der Waals surface area contributed by atoms with Crippen LogP contribution >= 0.6 is 11.3 Å². The van der Waals surface area contributed by atoms with Crippen molar-refractivity contribution < 1.29 is 9.53 Å². The summed E-state index contributed by atoms with van der Waals surface area (Å²) < 4.78 is 5.60. The monoisotopic (exact) mass is 333 g/mol. The Morgan fingerprint density at radius 2 is 2.09 bits per heavy atom. The van der Waals surface area contributed by atoms with Gasteiger partial charge >= 0.3 is 0 Å². The van der Waals surface area contributed by atoms with E-state index in [1.165, 1.54) is 36.9 Å². The van der Waals surface area contributed by atoms with Crippen LogP contribution in [-0.2, 0) is 0 Å². The van der Waals surface area contributed by atoms with Crippen LogP contribution in [0.15, 0.2) is 6.33 Å². The zero-order valence-corrected chi connectivity index (χ0v) is 14.8. The molecule has 1 fully saturated rings. The van der Waals surface area contributed by atoms with Gasteiger partial charge in [-0.15, -0.1) is 11.3 Å². The van der Waals surface area contributed by atoms with Crippen molar-refractivity contribution in [3.05, 3.63) is 16.8 Å². The van der Waals surface area contributed by atoms with Gasteiger partial charge in [-0.1, -0.05) is 19.3 Å². The normalized spacial score (nSPS) is 15.8. The number of rotatable bonds is 4. The van der Waals surface area contributed by atoms with E-state index >= 15 is 0 Å². The molecule has 1 amide bonds. The SMILES string of the molecule is CCOc1ncnc2sc(C(=O)N(C)C3CCCCC3)c(C)c12. The van der Waals surface area contributed by atoms with Crippen molar-refractivity contribution in [2.75, 3.05) is 13.7 Å². The van der Waals surface area contributed by atoms with Gasteiger partial charge in [0.15, 0.2) is 0 Å². The second-order valence-corrected chi connectivity index (χ2v) is 7.06. The van der Waals surface area contributed by atoms with Crippen LogP contribution in [0.5, 0.6) is 5.88 Å². The molecule has 0 bridgehead atoms. The van der Waals surface area contributed by atoms with E-state index in [-0.39, 0.29) is 5.91 Å². The van der Waals surface area contributed by atoms with E-state index in [2.05, 4.69) is 9.97 Å². The molecule has 2 aromatic rings. The fraction of sp³-hybridized carbons (Fsp3) is 0.588. The summed E-state index contributed by atoms with van der Waals surface area (Å²) in [6, 6.07) is 0.360. The molecule has 0 aliphatic heterocycles. The van der Waals surface area contributed by atoms with E-state index in [0.717, 1.165) is 33.5 Å². The van der Waals surface area contributed by atoms with Gasteiger partial charge < -0.3 is 9.64 Å². The molecule has 0 unspecified atom stereocenters. The summed E-state index contributed by atoms with van der Waals surface area (Å²) in [6.07, 6.45) is 7.43. The lowest BCUT2D eigenvalue weighted by Crippen LogP contribution is -2.38. The largest absolute Gasteiger partial charge is 0.477 e. The van der Waals surface area contributed by atoms with Crippen LogP contribution in [0.4, 0.5) is 0 Å². The smallest absolute Gasteiger partial charge is 0.264 e. The van der Waals surface area contributed by atoms with E-state index in [1.807, 2.05) is 25.8 Å².